The van der Waals surface area contributed by atoms with Gasteiger partial charge in [0.2, 0.25) is 0 Å². The van der Waals surface area contributed by atoms with Crippen LogP contribution in [-0.2, 0) is 17.8 Å². The zero-order valence-corrected chi connectivity index (χ0v) is 19.8. The minimum atomic E-state index is -1.11. The van der Waals surface area contributed by atoms with E-state index in [2.05, 4.69) is 16.5 Å². The average Bonchev–Trinajstić information content (AvgIpc) is 3.43. The summed E-state index contributed by atoms with van der Waals surface area (Å²) >= 11 is 13.7. The van der Waals surface area contributed by atoms with Crippen LogP contribution in [0.25, 0.3) is 16.9 Å². The molecule has 0 saturated carbocycles. The van der Waals surface area contributed by atoms with Gasteiger partial charge in [-0.1, -0.05) is 47.5 Å². The Morgan fingerprint density at radius 3 is 2.47 bits per heavy atom. The van der Waals surface area contributed by atoms with Crippen molar-refractivity contribution in [3.63, 3.8) is 0 Å². The number of carboxylic acid groups (broad SMARTS) is 1. The van der Waals surface area contributed by atoms with Crippen LogP contribution in [-0.4, -0.2) is 26.8 Å². The summed E-state index contributed by atoms with van der Waals surface area (Å²) < 4.78 is 1.48. The molecule has 34 heavy (non-hydrogen) atoms. The summed E-state index contributed by atoms with van der Waals surface area (Å²) in [7, 11) is 0. The maximum absolute atomic E-state index is 13.2. The van der Waals surface area contributed by atoms with Crippen LogP contribution in [0.15, 0.2) is 60.7 Å². The van der Waals surface area contributed by atoms with Gasteiger partial charge in [-0.2, -0.15) is 10.4 Å². The van der Waals surface area contributed by atoms with E-state index in [0.717, 1.165) is 4.88 Å². The first-order chi connectivity index (χ1) is 16.4. The topological polar surface area (TPSA) is 108 Å². The lowest BCUT2D eigenvalue weighted by atomic mass is 10.0. The second kappa shape index (κ2) is 10.1. The monoisotopic (exact) mass is 510 g/mol. The van der Waals surface area contributed by atoms with Gasteiger partial charge in [-0.15, -0.1) is 11.3 Å². The highest BCUT2D eigenvalue weighted by Gasteiger charge is 2.27. The van der Waals surface area contributed by atoms with Gasteiger partial charge in [0.15, 0.2) is 5.69 Å². The van der Waals surface area contributed by atoms with E-state index in [4.69, 9.17) is 28.5 Å². The number of hydrogen-bond acceptors (Lipinski definition) is 5. The lowest BCUT2D eigenvalue weighted by molar-refractivity contribution is -0.136. The fourth-order valence-corrected chi connectivity index (χ4v) is 4.52. The molecule has 0 radical (unpaired) electrons. The number of nitriles is 1. The molecule has 0 saturated heterocycles. The molecule has 0 aliphatic rings. The number of hydrogen-bond donors (Lipinski definition) is 2. The lowest BCUT2D eigenvalue weighted by Gasteiger charge is -2.11. The zero-order chi connectivity index (χ0) is 24.2. The van der Waals surface area contributed by atoms with Gasteiger partial charge < -0.3 is 10.4 Å². The van der Waals surface area contributed by atoms with Crippen molar-refractivity contribution in [1.29, 1.82) is 5.26 Å². The molecular weight excluding hydrogens is 495 g/mol. The second-order valence-electron chi connectivity index (χ2n) is 7.18. The fourth-order valence-electron chi connectivity index (χ4n) is 3.44. The van der Waals surface area contributed by atoms with Crippen molar-refractivity contribution >= 4 is 46.4 Å². The highest BCUT2D eigenvalue weighted by atomic mass is 35.5. The first-order valence-corrected chi connectivity index (χ1v) is 11.6. The molecule has 0 aliphatic carbocycles. The highest BCUT2D eigenvalue weighted by molar-refractivity contribution is 7.12. The summed E-state index contributed by atoms with van der Waals surface area (Å²) in [6.45, 7) is 0.174. The van der Waals surface area contributed by atoms with Crippen LogP contribution >= 0.6 is 34.5 Å². The van der Waals surface area contributed by atoms with Crippen molar-refractivity contribution in [1.82, 2.24) is 15.1 Å². The molecule has 4 aromatic rings. The summed E-state index contributed by atoms with van der Waals surface area (Å²) in [6.07, 6.45) is -0.428. The number of carbonyl (C=O) groups excluding carboxylic acids is 1. The summed E-state index contributed by atoms with van der Waals surface area (Å²) in [5.41, 5.74) is 1.78. The third kappa shape index (κ3) is 4.97. The van der Waals surface area contributed by atoms with Crippen LogP contribution < -0.4 is 5.32 Å². The Kier molecular flexibility index (Phi) is 6.98. The van der Waals surface area contributed by atoms with Gasteiger partial charge in [0.1, 0.15) is 10.9 Å². The standard InChI is InChI=1S/C24H16Cl2N4O3S/c25-15-7-5-14(6-8-15)23-18(11-21(31)32)22(29-30(23)20-4-2-1-3-19(20)26)24(33)28-13-17-10-9-16(12-27)34-17/h1-10H,11,13H2,(H,28,33)(H,31,32). The van der Waals surface area contributed by atoms with Crippen LogP contribution in [0.4, 0.5) is 0 Å². The van der Waals surface area contributed by atoms with Gasteiger partial charge in [0.05, 0.1) is 29.4 Å². The Morgan fingerprint density at radius 1 is 1.09 bits per heavy atom. The van der Waals surface area contributed by atoms with Gasteiger partial charge in [0.25, 0.3) is 5.91 Å². The number of rotatable bonds is 7. The Bertz CT molecular complexity index is 1420. The Hall–Kier alpha value is -3.64. The van der Waals surface area contributed by atoms with E-state index in [1.165, 1.54) is 16.0 Å². The third-order valence-corrected chi connectivity index (χ3v) is 6.48. The zero-order valence-electron chi connectivity index (χ0n) is 17.5. The average molecular weight is 511 g/mol. The van der Waals surface area contributed by atoms with E-state index in [1.807, 2.05) is 0 Å². The van der Waals surface area contributed by atoms with Gasteiger partial charge in [-0.25, -0.2) is 4.68 Å². The van der Waals surface area contributed by atoms with Crippen molar-refractivity contribution in [2.45, 2.75) is 13.0 Å². The minimum absolute atomic E-state index is 0.0238. The van der Waals surface area contributed by atoms with Crippen molar-refractivity contribution in [2.24, 2.45) is 0 Å². The summed E-state index contributed by atoms with van der Waals surface area (Å²) in [5, 5.41) is 26.8. The molecule has 2 N–H and O–H groups in total. The number of amides is 1. The number of benzene rings is 2. The van der Waals surface area contributed by atoms with E-state index < -0.39 is 18.3 Å². The molecule has 2 aromatic heterocycles. The van der Waals surface area contributed by atoms with Crippen molar-refractivity contribution in [3.8, 4) is 23.0 Å². The number of nitrogens with zero attached hydrogens (tertiary/aromatic N) is 3. The molecule has 2 heterocycles. The molecule has 4 rings (SSSR count). The molecule has 0 aliphatic heterocycles. The normalized spacial score (nSPS) is 10.6. The molecule has 0 atom stereocenters. The number of aliphatic carboxylic acids is 1. The van der Waals surface area contributed by atoms with Gasteiger partial charge in [-0.3, -0.25) is 9.59 Å². The Balaban J connectivity index is 1.83. The Labute approximate surface area is 208 Å². The molecule has 0 bridgehead atoms. The molecule has 10 heteroatoms. The van der Waals surface area contributed by atoms with E-state index in [1.54, 1.807) is 60.7 Å². The smallest absolute Gasteiger partial charge is 0.307 e. The summed E-state index contributed by atoms with van der Waals surface area (Å²) in [4.78, 5) is 26.3. The van der Waals surface area contributed by atoms with Gasteiger partial charge in [0, 0.05) is 21.0 Å². The van der Waals surface area contributed by atoms with E-state index in [-0.39, 0.29) is 17.8 Å². The molecule has 2 aromatic carbocycles. The lowest BCUT2D eigenvalue weighted by Crippen LogP contribution is -2.24. The molecule has 1 amide bonds. The molecule has 0 spiro atoms. The predicted octanol–water partition coefficient (Wildman–Crippen LogP) is 5.34. The molecular formula is C24H16Cl2N4O3S. The van der Waals surface area contributed by atoms with Crippen molar-refractivity contribution < 1.29 is 14.7 Å². The number of carbonyl (C=O) groups is 2. The molecule has 7 nitrogen and oxygen atoms in total. The number of aromatic nitrogens is 2. The highest BCUT2D eigenvalue weighted by Crippen LogP contribution is 2.33. The third-order valence-electron chi connectivity index (χ3n) is 4.92. The van der Waals surface area contributed by atoms with Crippen LogP contribution in [0.2, 0.25) is 10.0 Å². The number of thiophene rings is 1. The van der Waals surface area contributed by atoms with Crippen molar-refractivity contribution in [2.75, 3.05) is 0 Å². The van der Waals surface area contributed by atoms with Gasteiger partial charge >= 0.3 is 5.97 Å². The van der Waals surface area contributed by atoms with E-state index >= 15 is 0 Å². The number of para-hydroxylation sites is 1. The molecule has 0 fully saturated rings. The summed E-state index contributed by atoms with van der Waals surface area (Å²) in [5.74, 6) is -1.65. The maximum atomic E-state index is 13.2. The largest absolute Gasteiger partial charge is 0.481 e. The fraction of sp³-hybridized carbons (Fsp3) is 0.0833. The van der Waals surface area contributed by atoms with Crippen LogP contribution in [0, 0.1) is 11.3 Å². The Morgan fingerprint density at radius 2 is 1.82 bits per heavy atom. The second-order valence-corrected chi connectivity index (χ2v) is 9.19. The maximum Gasteiger partial charge on any atom is 0.307 e. The SMILES string of the molecule is N#Cc1ccc(CNC(=O)c2nn(-c3ccccc3Cl)c(-c3ccc(Cl)cc3)c2CC(=O)O)s1. The first kappa shape index (κ1) is 23.5. The predicted molar refractivity (Wildman–Crippen MR) is 131 cm³/mol. The molecule has 0 unspecified atom stereocenters. The van der Waals surface area contributed by atoms with Crippen LogP contribution in [0.3, 0.4) is 0 Å². The van der Waals surface area contributed by atoms with E-state index in [0.29, 0.717) is 31.9 Å². The van der Waals surface area contributed by atoms with E-state index in [9.17, 15) is 14.7 Å². The van der Waals surface area contributed by atoms with Gasteiger partial charge in [-0.05, 0) is 36.4 Å². The molecule has 170 valence electrons. The number of halogens is 2. The first-order valence-electron chi connectivity index (χ1n) is 9.99. The number of carboxylic acids is 1. The summed E-state index contributed by atoms with van der Waals surface area (Å²) in [6, 6.07) is 19.2. The number of nitrogens with one attached hydrogen (secondary N) is 1. The van der Waals surface area contributed by atoms with Crippen LogP contribution in [0.1, 0.15) is 25.8 Å². The van der Waals surface area contributed by atoms with Crippen LogP contribution in [0.5, 0.6) is 0 Å². The van der Waals surface area contributed by atoms with Crippen molar-refractivity contribution in [3.05, 3.63) is 91.7 Å². The quantitative estimate of drug-likeness (QED) is 0.349. The minimum Gasteiger partial charge on any atom is -0.481 e.